The van der Waals surface area contributed by atoms with Crippen LogP contribution in [0.15, 0.2) is 0 Å². The van der Waals surface area contributed by atoms with Gasteiger partial charge in [-0.1, -0.05) is 19.3 Å². The van der Waals surface area contributed by atoms with E-state index in [1.165, 1.54) is 0 Å². The van der Waals surface area contributed by atoms with E-state index in [1.54, 1.807) is 0 Å². The maximum atomic E-state index is 11.6. The van der Waals surface area contributed by atoms with Crippen molar-refractivity contribution in [3.05, 3.63) is 0 Å². The summed E-state index contributed by atoms with van der Waals surface area (Å²) >= 11 is 0.642. The van der Waals surface area contributed by atoms with E-state index in [4.69, 9.17) is 15.6 Å². The van der Waals surface area contributed by atoms with Gasteiger partial charge in [-0.15, -0.1) is 12.4 Å². The van der Waals surface area contributed by atoms with E-state index in [9.17, 15) is 14.4 Å². The number of thioether (sulfide) groups is 1. The van der Waals surface area contributed by atoms with Crippen molar-refractivity contribution in [1.82, 2.24) is 0 Å². The van der Waals surface area contributed by atoms with Gasteiger partial charge in [0, 0.05) is 5.75 Å². The minimum Gasteiger partial charge on any atom is -0.480 e. The van der Waals surface area contributed by atoms with Crippen LogP contribution in [0.2, 0.25) is 0 Å². The molecule has 0 aliphatic heterocycles. The third-order valence-corrected chi connectivity index (χ3v) is 3.89. The number of nitrogens with two attached hydrogens (primary N) is 1. The van der Waals surface area contributed by atoms with Gasteiger partial charge in [-0.2, -0.15) is 0 Å². The number of esters is 1. The number of carboxylic acids is 1. The molecule has 1 aliphatic carbocycles. The van der Waals surface area contributed by atoms with E-state index < -0.39 is 24.1 Å². The molecule has 0 bridgehead atoms. The molecule has 0 radical (unpaired) electrons. The highest BCUT2D eigenvalue weighted by Gasteiger charge is 2.22. The van der Waals surface area contributed by atoms with E-state index in [2.05, 4.69) is 4.74 Å². The fourth-order valence-electron chi connectivity index (χ4n) is 1.86. The molecule has 0 heterocycles. The Hall–Kier alpha value is -0.990. The van der Waals surface area contributed by atoms with Crippen LogP contribution in [0.1, 0.15) is 32.1 Å². The number of hydrogen-bond acceptors (Lipinski definition) is 7. The fourth-order valence-corrected chi connectivity index (χ4v) is 2.45. The van der Waals surface area contributed by atoms with Gasteiger partial charge in [0.25, 0.3) is 0 Å². The molecule has 0 amide bonds. The summed E-state index contributed by atoms with van der Waals surface area (Å²) in [6.45, 7) is -0.441. The highest BCUT2D eigenvalue weighted by molar-refractivity contribution is 8.13. The summed E-state index contributed by atoms with van der Waals surface area (Å²) in [6, 6.07) is -1.13. The molecule has 0 unspecified atom stereocenters. The van der Waals surface area contributed by atoms with Gasteiger partial charge < -0.3 is 20.3 Å². The molecule has 0 aromatic rings. The van der Waals surface area contributed by atoms with Crippen molar-refractivity contribution in [1.29, 1.82) is 0 Å². The predicted octanol–water partition coefficient (Wildman–Crippen LogP) is 1.77. The maximum Gasteiger partial charge on any atom is 0.370 e. The molecule has 1 rings (SSSR count). The Morgan fingerprint density at radius 1 is 1.19 bits per heavy atom. The van der Waals surface area contributed by atoms with E-state index >= 15 is 0 Å². The lowest BCUT2D eigenvalue weighted by atomic mass is 9.89. The lowest BCUT2D eigenvalue weighted by Gasteiger charge is -2.19. The minimum atomic E-state index is -1.19. The first-order chi connectivity index (χ1) is 9.50. The molecule has 9 heteroatoms. The van der Waals surface area contributed by atoms with Crippen molar-refractivity contribution in [2.75, 3.05) is 12.5 Å². The van der Waals surface area contributed by atoms with Crippen LogP contribution in [0.5, 0.6) is 0 Å². The van der Waals surface area contributed by atoms with Gasteiger partial charge >= 0.3 is 17.2 Å². The van der Waals surface area contributed by atoms with Crippen LogP contribution >= 0.6 is 24.2 Å². The average Bonchev–Trinajstić information content (AvgIpc) is 2.45. The normalized spacial score (nSPS) is 16.4. The van der Waals surface area contributed by atoms with E-state index in [0.29, 0.717) is 11.8 Å². The van der Waals surface area contributed by atoms with Crippen LogP contribution in [-0.2, 0) is 19.1 Å². The smallest absolute Gasteiger partial charge is 0.370 e. The zero-order chi connectivity index (χ0) is 15.0. The second kappa shape index (κ2) is 10.7. The Morgan fingerprint density at radius 3 is 2.38 bits per heavy atom. The molecule has 1 atom stereocenters. The number of rotatable bonds is 6. The van der Waals surface area contributed by atoms with Crippen molar-refractivity contribution < 1.29 is 29.0 Å². The summed E-state index contributed by atoms with van der Waals surface area (Å²) in [5.41, 5.74) is 5.23. The van der Waals surface area contributed by atoms with Gasteiger partial charge in [0.05, 0.1) is 5.92 Å². The molecule has 1 saturated carbocycles. The first-order valence-electron chi connectivity index (χ1n) is 6.45. The van der Waals surface area contributed by atoms with E-state index in [0.717, 1.165) is 32.1 Å². The summed E-state index contributed by atoms with van der Waals surface area (Å²) in [5, 5.41) is 7.82. The molecule has 21 heavy (non-hydrogen) atoms. The summed E-state index contributed by atoms with van der Waals surface area (Å²) in [6.07, 6.45) is 4.80. The second-order valence-corrected chi connectivity index (χ2v) is 5.52. The van der Waals surface area contributed by atoms with Crippen LogP contribution < -0.4 is 5.73 Å². The zero-order valence-corrected chi connectivity index (χ0v) is 13.1. The molecule has 0 spiro atoms. The van der Waals surface area contributed by atoms with E-state index in [-0.39, 0.29) is 30.0 Å². The third kappa shape index (κ3) is 8.13. The standard InChI is InChI=1S/C12H19NO6S.ClH/c13-9(10(14)15)6-20-12(17)19-7-18-11(16)8-4-2-1-3-5-8;/h8-9H,1-7,13H2,(H,14,15);1H/t9-;/m0./s1. The predicted molar refractivity (Wildman–Crippen MR) is 79.3 cm³/mol. The number of aliphatic carboxylic acids is 1. The Labute approximate surface area is 133 Å². The molecular formula is C12H20ClNO6S. The zero-order valence-electron chi connectivity index (χ0n) is 11.5. The van der Waals surface area contributed by atoms with Gasteiger partial charge in [0.15, 0.2) is 0 Å². The van der Waals surface area contributed by atoms with Crippen molar-refractivity contribution in [2.45, 2.75) is 38.1 Å². The van der Waals surface area contributed by atoms with Gasteiger partial charge in [0.1, 0.15) is 6.04 Å². The average molecular weight is 342 g/mol. The fraction of sp³-hybridized carbons (Fsp3) is 0.750. The van der Waals surface area contributed by atoms with Gasteiger partial charge in [-0.3, -0.25) is 9.59 Å². The van der Waals surface area contributed by atoms with Crippen LogP contribution in [0.4, 0.5) is 4.79 Å². The minimum absolute atomic E-state index is 0. The van der Waals surface area contributed by atoms with Crippen molar-refractivity contribution in [3.8, 4) is 0 Å². The summed E-state index contributed by atoms with van der Waals surface area (Å²) in [4.78, 5) is 33.3. The van der Waals surface area contributed by atoms with Gasteiger partial charge in [-0.25, -0.2) is 4.79 Å². The quantitative estimate of drug-likeness (QED) is 0.554. The third-order valence-electron chi connectivity index (χ3n) is 3.01. The Bertz CT molecular complexity index is 362. The molecule has 1 aliphatic rings. The topological polar surface area (TPSA) is 116 Å². The highest BCUT2D eigenvalue weighted by atomic mass is 35.5. The number of carbonyl (C=O) groups excluding carboxylic acids is 2. The van der Waals surface area contributed by atoms with Crippen molar-refractivity contribution in [3.63, 3.8) is 0 Å². The molecule has 1 fully saturated rings. The highest BCUT2D eigenvalue weighted by Crippen LogP contribution is 2.24. The number of halogens is 1. The number of carboxylic acid groups (broad SMARTS) is 1. The summed E-state index contributed by atoms with van der Waals surface area (Å²) in [7, 11) is 0. The maximum absolute atomic E-state index is 11.6. The Kier molecular flexibility index (Phi) is 10.2. The largest absolute Gasteiger partial charge is 0.480 e. The summed E-state index contributed by atoms with van der Waals surface area (Å²) < 4.78 is 9.53. The summed E-state index contributed by atoms with van der Waals surface area (Å²) in [5.74, 6) is -1.72. The van der Waals surface area contributed by atoms with Crippen LogP contribution in [-0.4, -0.2) is 40.9 Å². The Morgan fingerprint density at radius 2 is 1.81 bits per heavy atom. The lowest BCUT2D eigenvalue weighted by Crippen LogP contribution is -2.33. The monoisotopic (exact) mass is 341 g/mol. The van der Waals surface area contributed by atoms with Crippen LogP contribution in [0.3, 0.4) is 0 Å². The van der Waals surface area contributed by atoms with Crippen molar-refractivity contribution in [2.24, 2.45) is 11.7 Å². The SMILES string of the molecule is Cl.N[C@@H](CSC(=O)OCOC(=O)C1CCCCC1)C(=O)O. The van der Waals surface area contributed by atoms with Crippen LogP contribution in [0.25, 0.3) is 0 Å². The van der Waals surface area contributed by atoms with E-state index in [1.807, 2.05) is 0 Å². The molecule has 0 aromatic carbocycles. The van der Waals surface area contributed by atoms with Crippen molar-refractivity contribution >= 4 is 41.4 Å². The molecule has 0 aromatic heterocycles. The number of ether oxygens (including phenoxy) is 2. The van der Waals surface area contributed by atoms with Gasteiger partial charge in [0.2, 0.25) is 6.79 Å². The molecule has 122 valence electrons. The van der Waals surface area contributed by atoms with Crippen LogP contribution in [0, 0.1) is 5.92 Å². The first kappa shape index (κ1) is 20.0. The van der Waals surface area contributed by atoms with Gasteiger partial charge in [-0.05, 0) is 24.6 Å². The second-order valence-electron chi connectivity index (χ2n) is 4.57. The molecule has 7 nitrogen and oxygen atoms in total. The number of hydrogen-bond donors (Lipinski definition) is 2. The first-order valence-corrected chi connectivity index (χ1v) is 7.44. The molecule has 0 saturated heterocycles. The molecule has 3 N–H and O–H groups in total. The number of carbonyl (C=O) groups is 3. The lowest BCUT2D eigenvalue weighted by molar-refractivity contribution is -0.157. The Balaban J connectivity index is 0.00000400. The molecular weight excluding hydrogens is 322 g/mol.